The summed E-state index contributed by atoms with van der Waals surface area (Å²) in [7, 11) is 0. The van der Waals surface area contributed by atoms with Crippen molar-refractivity contribution in [1.29, 1.82) is 0 Å². The van der Waals surface area contributed by atoms with E-state index in [-0.39, 0.29) is 17.9 Å². The van der Waals surface area contributed by atoms with Crippen LogP contribution in [0.25, 0.3) is 0 Å². The van der Waals surface area contributed by atoms with Crippen LogP contribution in [-0.2, 0) is 16.1 Å². The molecule has 1 aromatic carbocycles. The van der Waals surface area contributed by atoms with Gasteiger partial charge in [0.25, 0.3) is 0 Å². The molecule has 2 bridgehead atoms. The fourth-order valence-electron chi connectivity index (χ4n) is 4.52. The van der Waals surface area contributed by atoms with Gasteiger partial charge in [0.1, 0.15) is 5.75 Å². The van der Waals surface area contributed by atoms with Crippen molar-refractivity contribution in [3.05, 3.63) is 29.8 Å². The number of carbonyl (C=O) groups excluding carboxylic acids is 1. The van der Waals surface area contributed by atoms with Crippen molar-refractivity contribution in [2.24, 2.45) is 5.92 Å². The molecular formula is C22H33N3O3. The molecule has 0 unspecified atom stereocenters. The minimum Gasteiger partial charge on any atom is -0.493 e. The van der Waals surface area contributed by atoms with Crippen molar-refractivity contribution in [2.75, 3.05) is 52.5 Å². The third-order valence-electron chi connectivity index (χ3n) is 6.00. The van der Waals surface area contributed by atoms with Gasteiger partial charge in [0, 0.05) is 31.7 Å². The van der Waals surface area contributed by atoms with E-state index in [2.05, 4.69) is 33.3 Å². The van der Waals surface area contributed by atoms with Gasteiger partial charge in [0.05, 0.1) is 31.8 Å². The van der Waals surface area contributed by atoms with Crippen molar-refractivity contribution in [1.82, 2.24) is 15.1 Å². The van der Waals surface area contributed by atoms with Gasteiger partial charge in [0.15, 0.2) is 0 Å². The molecule has 0 spiro atoms. The number of fused-ring (bicyclic) bond motifs is 3. The molecule has 28 heavy (non-hydrogen) atoms. The maximum absolute atomic E-state index is 12.2. The highest BCUT2D eigenvalue weighted by atomic mass is 16.5. The third kappa shape index (κ3) is 5.25. The Kier molecular flexibility index (Phi) is 6.83. The van der Waals surface area contributed by atoms with Crippen molar-refractivity contribution in [3.63, 3.8) is 0 Å². The lowest BCUT2D eigenvalue weighted by molar-refractivity contribution is -0.125. The zero-order valence-corrected chi connectivity index (χ0v) is 16.8. The van der Waals surface area contributed by atoms with E-state index in [0.29, 0.717) is 13.2 Å². The molecule has 0 saturated carbocycles. The fraction of sp³-hybridized carbons (Fsp3) is 0.682. The zero-order valence-electron chi connectivity index (χ0n) is 16.8. The van der Waals surface area contributed by atoms with Crippen LogP contribution >= 0.6 is 0 Å². The van der Waals surface area contributed by atoms with Crippen LogP contribution in [0.1, 0.15) is 31.2 Å². The molecule has 0 aromatic heterocycles. The normalized spacial score (nSPS) is 26.5. The summed E-state index contributed by atoms with van der Waals surface area (Å²) in [4.78, 5) is 17.1. The second kappa shape index (κ2) is 9.72. The summed E-state index contributed by atoms with van der Waals surface area (Å²) in [6.45, 7) is 7.87. The van der Waals surface area contributed by atoms with Gasteiger partial charge < -0.3 is 19.7 Å². The molecule has 6 heteroatoms. The summed E-state index contributed by atoms with van der Waals surface area (Å²) >= 11 is 0. The molecule has 3 fully saturated rings. The van der Waals surface area contributed by atoms with E-state index in [9.17, 15) is 4.79 Å². The highest BCUT2D eigenvalue weighted by Gasteiger charge is 2.33. The van der Waals surface area contributed by atoms with Gasteiger partial charge >= 0.3 is 0 Å². The fourth-order valence-corrected chi connectivity index (χ4v) is 4.52. The first-order chi connectivity index (χ1) is 13.8. The number of benzene rings is 1. The Morgan fingerprint density at radius 2 is 1.93 bits per heavy atom. The van der Waals surface area contributed by atoms with Gasteiger partial charge in [-0.15, -0.1) is 0 Å². The van der Waals surface area contributed by atoms with Crippen LogP contribution in [0, 0.1) is 5.92 Å². The van der Waals surface area contributed by atoms with Crippen molar-refractivity contribution in [2.45, 2.75) is 38.3 Å². The van der Waals surface area contributed by atoms with Crippen LogP contribution in [0.5, 0.6) is 5.75 Å². The second-order valence-electron chi connectivity index (χ2n) is 8.35. The van der Waals surface area contributed by atoms with Crippen LogP contribution in [-0.4, -0.2) is 74.3 Å². The molecule has 6 nitrogen and oxygen atoms in total. The van der Waals surface area contributed by atoms with Crippen molar-refractivity contribution < 1.29 is 14.3 Å². The molecule has 1 aromatic rings. The quantitative estimate of drug-likeness (QED) is 0.724. The predicted molar refractivity (Wildman–Crippen MR) is 108 cm³/mol. The van der Waals surface area contributed by atoms with Gasteiger partial charge in [-0.05, 0) is 38.4 Å². The molecule has 3 aliphatic heterocycles. The summed E-state index contributed by atoms with van der Waals surface area (Å²) in [6, 6.07) is 8.41. The Labute approximate surface area is 168 Å². The van der Waals surface area contributed by atoms with Gasteiger partial charge in [-0.3, -0.25) is 9.69 Å². The number of nitrogens with zero attached hydrogens (tertiary/aromatic N) is 2. The highest BCUT2D eigenvalue weighted by molar-refractivity contribution is 5.79. The van der Waals surface area contributed by atoms with Gasteiger partial charge in [-0.1, -0.05) is 24.6 Å². The van der Waals surface area contributed by atoms with E-state index in [0.717, 1.165) is 45.0 Å². The summed E-state index contributed by atoms with van der Waals surface area (Å²) < 4.78 is 11.8. The van der Waals surface area contributed by atoms with Crippen LogP contribution in [0.15, 0.2) is 24.3 Å². The minimum atomic E-state index is -0.0786. The van der Waals surface area contributed by atoms with E-state index in [1.165, 1.54) is 37.9 Å². The SMILES string of the molecule is O=C1N[C@@H]2COC[C@H]1CN(Cc1ccccc1OCCCN1CCCCC1)C2. The number of rotatable bonds is 7. The van der Waals surface area contributed by atoms with E-state index >= 15 is 0 Å². The molecule has 154 valence electrons. The standard InChI is InChI=1S/C22H33N3O3/c26-22-19-14-25(15-20(23-22)17-27-16-19)13-18-7-2-3-8-21(18)28-12-6-11-24-9-4-1-5-10-24/h2-3,7-8,19-20H,1,4-6,9-17H2,(H,23,26)/t19-,20+/m1/s1. The number of para-hydroxylation sites is 1. The number of carbonyl (C=O) groups is 1. The molecule has 3 aliphatic rings. The average Bonchev–Trinajstić information content (AvgIpc) is 2.96. The Balaban J connectivity index is 1.30. The first-order valence-electron chi connectivity index (χ1n) is 10.8. The van der Waals surface area contributed by atoms with Crippen LogP contribution in [0.4, 0.5) is 0 Å². The smallest absolute Gasteiger partial charge is 0.227 e. The Hall–Kier alpha value is -1.63. The molecular weight excluding hydrogens is 354 g/mol. The number of piperidine rings is 1. The van der Waals surface area contributed by atoms with E-state index < -0.39 is 0 Å². The first kappa shape index (κ1) is 19.7. The monoisotopic (exact) mass is 387 g/mol. The van der Waals surface area contributed by atoms with Crippen LogP contribution < -0.4 is 10.1 Å². The largest absolute Gasteiger partial charge is 0.493 e. The number of hydrogen-bond acceptors (Lipinski definition) is 5. The summed E-state index contributed by atoms with van der Waals surface area (Å²) in [6.07, 6.45) is 5.12. The van der Waals surface area contributed by atoms with E-state index in [1.807, 2.05) is 6.07 Å². The lowest BCUT2D eigenvalue weighted by Gasteiger charge is -2.28. The van der Waals surface area contributed by atoms with Gasteiger partial charge in [-0.2, -0.15) is 0 Å². The van der Waals surface area contributed by atoms with E-state index in [1.54, 1.807) is 0 Å². The maximum Gasteiger partial charge on any atom is 0.227 e. The number of amides is 1. The molecule has 0 aliphatic carbocycles. The summed E-state index contributed by atoms with van der Waals surface area (Å²) in [5.74, 6) is 1.03. The highest BCUT2D eigenvalue weighted by Crippen LogP contribution is 2.23. The lowest BCUT2D eigenvalue weighted by Crippen LogP contribution is -2.41. The minimum absolute atomic E-state index is 0.0786. The van der Waals surface area contributed by atoms with E-state index in [4.69, 9.17) is 9.47 Å². The van der Waals surface area contributed by atoms with Crippen molar-refractivity contribution in [3.8, 4) is 5.75 Å². The number of likely N-dealkylation sites (tertiary alicyclic amines) is 1. The number of ether oxygens (including phenoxy) is 2. The Morgan fingerprint density at radius 3 is 2.82 bits per heavy atom. The van der Waals surface area contributed by atoms with Crippen LogP contribution in [0.2, 0.25) is 0 Å². The Morgan fingerprint density at radius 1 is 1.07 bits per heavy atom. The number of nitrogens with one attached hydrogen (secondary N) is 1. The van der Waals surface area contributed by atoms with Gasteiger partial charge in [0.2, 0.25) is 5.91 Å². The Bertz CT molecular complexity index is 648. The summed E-state index contributed by atoms with van der Waals surface area (Å²) in [5.41, 5.74) is 1.20. The predicted octanol–water partition coefficient (Wildman–Crippen LogP) is 1.89. The average molecular weight is 388 g/mol. The maximum atomic E-state index is 12.2. The number of hydrogen-bond donors (Lipinski definition) is 1. The molecule has 2 atom stereocenters. The molecule has 1 amide bonds. The first-order valence-corrected chi connectivity index (χ1v) is 10.8. The molecule has 4 rings (SSSR count). The topological polar surface area (TPSA) is 54.0 Å². The molecule has 1 N–H and O–H groups in total. The second-order valence-corrected chi connectivity index (χ2v) is 8.35. The molecule has 3 saturated heterocycles. The third-order valence-corrected chi connectivity index (χ3v) is 6.00. The lowest BCUT2D eigenvalue weighted by atomic mass is 10.1. The van der Waals surface area contributed by atoms with Crippen molar-refractivity contribution >= 4 is 5.91 Å². The van der Waals surface area contributed by atoms with Crippen LogP contribution in [0.3, 0.4) is 0 Å². The van der Waals surface area contributed by atoms with Gasteiger partial charge in [-0.25, -0.2) is 0 Å². The zero-order chi connectivity index (χ0) is 19.2. The summed E-state index contributed by atoms with van der Waals surface area (Å²) in [5, 5.41) is 3.10. The molecule has 3 heterocycles. The molecule has 0 radical (unpaired) electrons.